The van der Waals surface area contributed by atoms with Gasteiger partial charge in [0.1, 0.15) is 5.65 Å². The number of benzene rings is 1. The van der Waals surface area contributed by atoms with E-state index in [1.165, 1.54) is 17.4 Å². The summed E-state index contributed by atoms with van der Waals surface area (Å²) in [7, 11) is 0. The van der Waals surface area contributed by atoms with Gasteiger partial charge in [-0.25, -0.2) is 9.97 Å². The molecule has 132 valence electrons. The SMILES string of the molecule is NC(=O)C=Cc1c[nH]c2ncc(-c3ccc(C(=O)c4nccs4)cc3)cc12. The molecule has 4 aromatic rings. The molecule has 1 amide bonds. The van der Waals surface area contributed by atoms with Gasteiger partial charge in [0.25, 0.3) is 0 Å². The van der Waals surface area contributed by atoms with Gasteiger partial charge >= 0.3 is 0 Å². The highest BCUT2D eigenvalue weighted by molar-refractivity contribution is 7.11. The molecule has 6 nitrogen and oxygen atoms in total. The standard InChI is InChI=1S/C20H14N4O2S/c21-17(25)6-5-14-10-23-19-16(14)9-15(11-24-19)12-1-3-13(4-2-12)18(26)20-22-7-8-27-20/h1-11H,(H2,21,25)(H,23,24). The molecular formula is C20H14N4O2S. The van der Waals surface area contributed by atoms with Gasteiger partial charge in [-0.1, -0.05) is 24.3 Å². The van der Waals surface area contributed by atoms with Crippen LogP contribution in [0.5, 0.6) is 0 Å². The third kappa shape index (κ3) is 3.40. The third-order valence-corrected chi connectivity index (χ3v) is 4.87. The van der Waals surface area contributed by atoms with Crippen molar-refractivity contribution in [1.82, 2.24) is 15.0 Å². The summed E-state index contributed by atoms with van der Waals surface area (Å²) >= 11 is 1.32. The zero-order valence-corrected chi connectivity index (χ0v) is 14.9. The number of hydrogen-bond acceptors (Lipinski definition) is 5. The molecule has 7 heteroatoms. The molecule has 0 spiro atoms. The van der Waals surface area contributed by atoms with E-state index >= 15 is 0 Å². The van der Waals surface area contributed by atoms with Crippen LogP contribution in [-0.4, -0.2) is 26.6 Å². The Morgan fingerprint density at radius 3 is 2.63 bits per heavy atom. The first kappa shape index (κ1) is 16.9. The van der Waals surface area contributed by atoms with Crippen molar-refractivity contribution in [3.8, 4) is 11.1 Å². The molecule has 0 saturated heterocycles. The quantitative estimate of drug-likeness (QED) is 0.413. The van der Waals surface area contributed by atoms with Crippen molar-refractivity contribution in [1.29, 1.82) is 0 Å². The van der Waals surface area contributed by atoms with Gasteiger partial charge < -0.3 is 10.7 Å². The number of H-pyrrole nitrogens is 1. The molecule has 1 aromatic carbocycles. The molecule has 0 atom stereocenters. The van der Waals surface area contributed by atoms with Crippen molar-refractivity contribution in [3.63, 3.8) is 0 Å². The fourth-order valence-electron chi connectivity index (χ4n) is 2.76. The average molecular weight is 374 g/mol. The van der Waals surface area contributed by atoms with Crippen molar-refractivity contribution in [2.75, 3.05) is 0 Å². The van der Waals surface area contributed by atoms with E-state index in [1.807, 2.05) is 18.2 Å². The van der Waals surface area contributed by atoms with Gasteiger partial charge in [0.05, 0.1) is 0 Å². The second-order valence-corrected chi connectivity index (χ2v) is 6.74. The summed E-state index contributed by atoms with van der Waals surface area (Å²) in [4.78, 5) is 34.9. The van der Waals surface area contributed by atoms with Gasteiger partial charge in [-0.05, 0) is 17.7 Å². The molecule has 0 bridgehead atoms. The Morgan fingerprint density at radius 1 is 1.11 bits per heavy atom. The van der Waals surface area contributed by atoms with Crippen LogP contribution in [0.3, 0.4) is 0 Å². The molecule has 3 N–H and O–H groups in total. The topological polar surface area (TPSA) is 102 Å². The zero-order valence-electron chi connectivity index (χ0n) is 14.0. The maximum absolute atomic E-state index is 12.4. The Kier molecular flexibility index (Phi) is 4.35. The summed E-state index contributed by atoms with van der Waals surface area (Å²) in [5.41, 5.74) is 9.15. The number of fused-ring (bicyclic) bond motifs is 1. The maximum atomic E-state index is 12.4. The number of carbonyl (C=O) groups excluding carboxylic acids is 2. The minimum absolute atomic E-state index is 0.0883. The normalized spacial score (nSPS) is 11.3. The summed E-state index contributed by atoms with van der Waals surface area (Å²) in [6, 6.07) is 9.32. The van der Waals surface area contributed by atoms with Crippen LogP contribution in [0, 0.1) is 0 Å². The van der Waals surface area contributed by atoms with Crippen LogP contribution in [0.2, 0.25) is 0 Å². The molecule has 27 heavy (non-hydrogen) atoms. The van der Waals surface area contributed by atoms with E-state index in [1.54, 1.807) is 42.2 Å². The summed E-state index contributed by atoms with van der Waals surface area (Å²) in [5, 5.41) is 3.14. The first-order valence-electron chi connectivity index (χ1n) is 8.11. The van der Waals surface area contributed by atoms with Crippen LogP contribution in [0.1, 0.15) is 20.9 Å². The number of carbonyl (C=O) groups is 2. The van der Waals surface area contributed by atoms with Crippen LogP contribution in [0.15, 0.2) is 60.4 Å². The Labute approximate surface area is 158 Å². The van der Waals surface area contributed by atoms with Gasteiger partial charge in [0, 0.05) is 52.1 Å². The van der Waals surface area contributed by atoms with Crippen molar-refractivity contribution in [2.24, 2.45) is 5.73 Å². The van der Waals surface area contributed by atoms with E-state index in [4.69, 9.17) is 5.73 Å². The number of nitrogens with zero attached hydrogens (tertiary/aromatic N) is 2. The van der Waals surface area contributed by atoms with Crippen molar-refractivity contribution < 1.29 is 9.59 Å². The number of nitrogens with two attached hydrogens (primary N) is 1. The number of primary amides is 1. The highest BCUT2D eigenvalue weighted by Gasteiger charge is 2.12. The highest BCUT2D eigenvalue weighted by Crippen LogP contribution is 2.26. The third-order valence-electron chi connectivity index (χ3n) is 4.10. The molecule has 0 unspecified atom stereocenters. The first-order valence-corrected chi connectivity index (χ1v) is 8.99. The molecule has 4 rings (SSSR count). The molecular weight excluding hydrogens is 360 g/mol. The molecule has 3 heterocycles. The largest absolute Gasteiger partial charge is 0.366 e. The van der Waals surface area contributed by atoms with Gasteiger partial charge in [0.15, 0.2) is 5.01 Å². The van der Waals surface area contributed by atoms with E-state index in [0.29, 0.717) is 10.6 Å². The summed E-state index contributed by atoms with van der Waals surface area (Å²) in [6.07, 6.45) is 8.12. The summed E-state index contributed by atoms with van der Waals surface area (Å²) in [5.74, 6) is -0.594. The Hall–Kier alpha value is -3.58. The Balaban J connectivity index is 1.67. The van der Waals surface area contributed by atoms with Gasteiger partial charge in [-0.3, -0.25) is 9.59 Å². The fourth-order valence-corrected chi connectivity index (χ4v) is 3.36. The van der Waals surface area contributed by atoms with Gasteiger partial charge in [-0.2, -0.15) is 0 Å². The van der Waals surface area contributed by atoms with Crippen LogP contribution < -0.4 is 5.73 Å². The van der Waals surface area contributed by atoms with Crippen LogP contribution in [-0.2, 0) is 4.79 Å². The molecule has 0 fully saturated rings. The van der Waals surface area contributed by atoms with Crippen LogP contribution in [0.4, 0.5) is 0 Å². The predicted molar refractivity (Wildman–Crippen MR) is 105 cm³/mol. The molecule has 0 radical (unpaired) electrons. The smallest absolute Gasteiger partial charge is 0.241 e. The number of amides is 1. The van der Waals surface area contributed by atoms with E-state index in [-0.39, 0.29) is 5.78 Å². The number of ketones is 1. The number of aromatic nitrogens is 3. The zero-order chi connectivity index (χ0) is 18.8. The average Bonchev–Trinajstić information content (AvgIpc) is 3.35. The number of nitrogens with one attached hydrogen (secondary N) is 1. The van der Waals surface area contributed by atoms with E-state index in [0.717, 1.165) is 27.7 Å². The van der Waals surface area contributed by atoms with Crippen LogP contribution in [0.25, 0.3) is 28.2 Å². The van der Waals surface area contributed by atoms with Gasteiger partial charge in [-0.15, -0.1) is 11.3 Å². The molecule has 0 aliphatic rings. The molecule has 0 saturated carbocycles. The van der Waals surface area contributed by atoms with Crippen molar-refractivity contribution in [3.05, 3.63) is 76.5 Å². The summed E-state index contributed by atoms with van der Waals surface area (Å²) < 4.78 is 0. The fraction of sp³-hybridized carbons (Fsp3) is 0. The molecule has 3 aromatic heterocycles. The molecule has 0 aliphatic carbocycles. The van der Waals surface area contributed by atoms with E-state index < -0.39 is 5.91 Å². The lowest BCUT2D eigenvalue weighted by Crippen LogP contribution is -2.04. The number of hydrogen-bond donors (Lipinski definition) is 2. The molecule has 0 aliphatic heterocycles. The predicted octanol–water partition coefficient (Wildman–Crippen LogP) is 3.42. The number of aromatic amines is 1. The Bertz CT molecular complexity index is 1160. The van der Waals surface area contributed by atoms with Crippen molar-refractivity contribution >= 4 is 40.1 Å². The number of thiazole rings is 1. The first-order chi connectivity index (χ1) is 13.1. The highest BCUT2D eigenvalue weighted by atomic mass is 32.1. The van der Waals surface area contributed by atoms with E-state index in [9.17, 15) is 9.59 Å². The second-order valence-electron chi connectivity index (χ2n) is 5.84. The Morgan fingerprint density at radius 2 is 1.93 bits per heavy atom. The monoisotopic (exact) mass is 374 g/mol. The maximum Gasteiger partial charge on any atom is 0.241 e. The number of pyridine rings is 1. The second kappa shape index (κ2) is 6.97. The lowest BCUT2D eigenvalue weighted by atomic mass is 10.0. The minimum atomic E-state index is -0.506. The van der Waals surface area contributed by atoms with Crippen molar-refractivity contribution in [2.45, 2.75) is 0 Å². The lowest BCUT2D eigenvalue weighted by molar-refractivity contribution is -0.113. The minimum Gasteiger partial charge on any atom is -0.366 e. The van der Waals surface area contributed by atoms with E-state index in [2.05, 4.69) is 15.0 Å². The van der Waals surface area contributed by atoms with Crippen LogP contribution >= 0.6 is 11.3 Å². The number of rotatable bonds is 5. The lowest BCUT2D eigenvalue weighted by Gasteiger charge is -2.04. The van der Waals surface area contributed by atoms with Gasteiger partial charge in [0.2, 0.25) is 11.7 Å². The summed E-state index contributed by atoms with van der Waals surface area (Å²) in [6.45, 7) is 0.